The molecule has 0 spiro atoms. The zero-order valence-electron chi connectivity index (χ0n) is 9.59. The molecule has 0 saturated carbocycles. The fraction of sp³-hybridized carbons (Fsp3) is 0.417. The van der Waals surface area contributed by atoms with Gasteiger partial charge in [-0.3, -0.25) is 4.79 Å². The van der Waals surface area contributed by atoms with Gasteiger partial charge in [0.15, 0.2) is 5.75 Å². The van der Waals surface area contributed by atoms with Crippen molar-refractivity contribution in [2.45, 2.75) is 25.7 Å². The minimum atomic E-state index is -0.778. The Hall–Kier alpha value is -0.640. The predicted molar refractivity (Wildman–Crippen MR) is 73.1 cm³/mol. The van der Waals surface area contributed by atoms with E-state index in [-0.39, 0.29) is 6.42 Å². The Balaban J connectivity index is 2.33. The number of carbonyl (C=O) groups is 1. The average Bonchev–Trinajstić information content (AvgIpc) is 2.25. The van der Waals surface area contributed by atoms with Crippen molar-refractivity contribution in [1.29, 1.82) is 0 Å². The second kappa shape index (κ2) is 7.72. The SMILES string of the molecule is O=C(O)CCCCCOc1c(Cl)cc(Cl)cc1Cl. The first-order valence-corrected chi connectivity index (χ1v) is 6.63. The number of unbranched alkanes of at least 4 members (excludes halogenated alkanes) is 2. The molecule has 0 saturated heterocycles. The first kappa shape index (κ1) is 15.4. The number of benzene rings is 1. The van der Waals surface area contributed by atoms with Gasteiger partial charge >= 0.3 is 5.97 Å². The van der Waals surface area contributed by atoms with E-state index in [1.165, 1.54) is 0 Å². The van der Waals surface area contributed by atoms with Gasteiger partial charge in [-0.15, -0.1) is 0 Å². The Morgan fingerprint density at radius 1 is 1.11 bits per heavy atom. The summed E-state index contributed by atoms with van der Waals surface area (Å²) in [5, 5.41) is 9.67. The van der Waals surface area contributed by atoms with Gasteiger partial charge in [0.25, 0.3) is 0 Å². The number of ether oxygens (including phenoxy) is 1. The van der Waals surface area contributed by atoms with Crippen LogP contribution in [0.1, 0.15) is 25.7 Å². The van der Waals surface area contributed by atoms with Crippen LogP contribution in [0, 0.1) is 0 Å². The Labute approximate surface area is 121 Å². The molecule has 0 bridgehead atoms. The van der Waals surface area contributed by atoms with Gasteiger partial charge in [0.1, 0.15) is 0 Å². The minimum Gasteiger partial charge on any atom is -0.490 e. The summed E-state index contributed by atoms with van der Waals surface area (Å²) in [7, 11) is 0. The van der Waals surface area contributed by atoms with Gasteiger partial charge in [-0.05, 0) is 31.4 Å². The molecule has 6 heteroatoms. The van der Waals surface area contributed by atoms with E-state index in [4.69, 9.17) is 44.6 Å². The van der Waals surface area contributed by atoms with E-state index < -0.39 is 5.97 Å². The lowest BCUT2D eigenvalue weighted by atomic mass is 10.2. The van der Waals surface area contributed by atoms with Crippen molar-refractivity contribution < 1.29 is 14.6 Å². The largest absolute Gasteiger partial charge is 0.490 e. The fourth-order valence-electron chi connectivity index (χ4n) is 1.40. The lowest BCUT2D eigenvalue weighted by Crippen LogP contribution is -2.00. The first-order chi connectivity index (χ1) is 8.50. The van der Waals surface area contributed by atoms with Crippen molar-refractivity contribution in [3.63, 3.8) is 0 Å². The molecular weight excluding hydrogens is 298 g/mol. The number of aliphatic carboxylic acids is 1. The standard InChI is InChI=1S/C12H13Cl3O3/c13-8-6-9(14)12(10(15)7-8)18-5-3-1-2-4-11(16)17/h6-7H,1-5H2,(H,16,17). The molecular formula is C12H13Cl3O3. The predicted octanol–water partition coefficient (Wildman–Crippen LogP) is 4.67. The van der Waals surface area contributed by atoms with Crippen molar-refractivity contribution in [2.75, 3.05) is 6.61 Å². The number of hydrogen-bond donors (Lipinski definition) is 1. The molecule has 100 valence electrons. The van der Waals surface area contributed by atoms with Crippen LogP contribution < -0.4 is 4.74 Å². The molecule has 0 unspecified atom stereocenters. The highest BCUT2D eigenvalue weighted by Crippen LogP contribution is 2.35. The van der Waals surface area contributed by atoms with Gasteiger partial charge in [0.05, 0.1) is 16.7 Å². The van der Waals surface area contributed by atoms with Crippen molar-refractivity contribution in [2.24, 2.45) is 0 Å². The molecule has 0 aliphatic rings. The Morgan fingerprint density at radius 2 is 1.72 bits per heavy atom. The molecule has 0 fully saturated rings. The van der Waals surface area contributed by atoms with Crippen LogP contribution in [0.15, 0.2) is 12.1 Å². The average molecular weight is 312 g/mol. The van der Waals surface area contributed by atoms with E-state index in [2.05, 4.69) is 0 Å². The highest BCUT2D eigenvalue weighted by atomic mass is 35.5. The third-order valence-electron chi connectivity index (χ3n) is 2.24. The number of rotatable bonds is 7. The van der Waals surface area contributed by atoms with Crippen molar-refractivity contribution >= 4 is 40.8 Å². The lowest BCUT2D eigenvalue weighted by Gasteiger charge is -2.10. The molecule has 1 aromatic rings. The fourth-order valence-corrected chi connectivity index (χ4v) is 2.32. The first-order valence-electron chi connectivity index (χ1n) is 5.50. The molecule has 0 aliphatic carbocycles. The van der Waals surface area contributed by atoms with Gasteiger partial charge in [-0.2, -0.15) is 0 Å². The van der Waals surface area contributed by atoms with E-state index in [9.17, 15) is 4.79 Å². The summed E-state index contributed by atoms with van der Waals surface area (Å²) >= 11 is 17.7. The molecule has 0 aromatic heterocycles. The zero-order valence-corrected chi connectivity index (χ0v) is 11.9. The second-order valence-electron chi connectivity index (χ2n) is 3.75. The topological polar surface area (TPSA) is 46.5 Å². The van der Waals surface area contributed by atoms with Crippen LogP contribution in [-0.2, 0) is 4.79 Å². The zero-order chi connectivity index (χ0) is 13.5. The van der Waals surface area contributed by atoms with Gasteiger partial charge in [-0.25, -0.2) is 0 Å². The summed E-state index contributed by atoms with van der Waals surface area (Å²) in [6.45, 7) is 0.445. The number of carboxylic acid groups (broad SMARTS) is 1. The molecule has 1 rings (SSSR count). The van der Waals surface area contributed by atoms with Crippen molar-refractivity contribution in [3.8, 4) is 5.75 Å². The smallest absolute Gasteiger partial charge is 0.303 e. The van der Waals surface area contributed by atoms with Crippen LogP contribution in [0.2, 0.25) is 15.1 Å². The Morgan fingerprint density at radius 3 is 2.28 bits per heavy atom. The van der Waals surface area contributed by atoms with Gasteiger partial charge in [0, 0.05) is 11.4 Å². The summed E-state index contributed by atoms with van der Waals surface area (Å²) in [6, 6.07) is 3.13. The van der Waals surface area contributed by atoms with E-state index in [1.807, 2.05) is 0 Å². The molecule has 1 aromatic carbocycles. The Bertz CT molecular complexity index is 398. The van der Waals surface area contributed by atoms with Crippen LogP contribution in [0.4, 0.5) is 0 Å². The molecule has 1 N–H and O–H groups in total. The maximum Gasteiger partial charge on any atom is 0.303 e. The highest BCUT2D eigenvalue weighted by Gasteiger charge is 2.08. The lowest BCUT2D eigenvalue weighted by molar-refractivity contribution is -0.137. The minimum absolute atomic E-state index is 0.183. The monoisotopic (exact) mass is 310 g/mol. The summed E-state index contributed by atoms with van der Waals surface area (Å²) in [6.07, 6.45) is 2.36. The molecule has 0 aliphatic heterocycles. The van der Waals surface area contributed by atoms with Crippen LogP contribution in [0.5, 0.6) is 5.75 Å². The highest BCUT2D eigenvalue weighted by molar-refractivity contribution is 6.40. The summed E-state index contributed by atoms with van der Waals surface area (Å²) < 4.78 is 5.46. The van der Waals surface area contributed by atoms with Crippen molar-refractivity contribution in [3.05, 3.63) is 27.2 Å². The molecule has 3 nitrogen and oxygen atoms in total. The van der Waals surface area contributed by atoms with Crippen molar-refractivity contribution in [1.82, 2.24) is 0 Å². The van der Waals surface area contributed by atoms with Crippen LogP contribution in [0.25, 0.3) is 0 Å². The molecule has 0 amide bonds. The molecule has 0 radical (unpaired) electrons. The normalized spacial score (nSPS) is 10.4. The van der Waals surface area contributed by atoms with Gasteiger partial charge in [-0.1, -0.05) is 34.8 Å². The summed E-state index contributed by atoms with van der Waals surface area (Å²) in [5.41, 5.74) is 0. The summed E-state index contributed by atoms with van der Waals surface area (Å²) in [4.78, 5) is 10.3. The number of halogens is 3. The van der Waals surface area contributed by atoms with Gasteiger partial charge in [0.2, 0.25) is 0 Å². The van der Waals surface area contributed by atoms with Crippen LogP contribution >= 0.6 is 34.8 Å². The molecule has 0 atom stereocenters. The quantitative estimate of drug-likeness (QED) is 0.744. The second-order valence-corrected chi connectivity index (χ2v) is 5.00. The van der Waals surface area contributed by atoms with E-state index in [1.54, 1.807) is 12.1 Å². The van der Waals surface area contributed by atoms with E-state index in [0.717, 1.165) is 12.8 Å². The number of carboxylic acids is 1. The van der Waals surface area contributed by atoms with E-state index >= 15 is 0 Å². The third-order valence-corrected chi connectivity index (χ3v) is 3.02. The van der Waals surface area contributed by atoms with Gasteiger partial charge < -0.3 is 9.84 Å². The maximum absolute atomic E-state index is 10.3. The Kier molecular flexibility index (Phi) is 6.61. The van der Waals surface area contributed by atoms with E-state index in [0.29, 0.717) is 33.8 Å². The molecule has 0 heterocycles. The molecule has 18 heavy (non-hydrogen) atoms. The summed E-state index contributed by atoms with van der Waals surface area (Å²) in [5.74, 6) is -0.360. The maximum atomic E-state index is 10.3. The van der Waals surface area contributed by atoms with Crippen LogP contribution in [-0.4, -0.2) is 17.7 Å². The third kappa shape index (κ3) is 5.34. The number of hydrogen-bond acceptors (Lipinski definition) is 2. The van der Waals surface area contributed by atoms with Crippen LogP contribution in [0.3, 0.4) is 0 Å².